The van der Waals surface area contributed by atoms with E-state index >= 15 is 0 Å². The molecule has 0 aliphatic carbocycles. The van der Waals surface area contributed by atoms with Gasteiger partial charge in [-0.25, -0.2) is 0 Å². The first-order valence-corrected chi connectivity index (χ1v) is 8.14. The number of nitrogens with one attached hydrogen (secondary N) is 2. The number of hydrogen-bond donors (Lipinski definition) is 3. The number of hydrogen-bond acceptors (Lipinski definition) is 4. The molecule has 1 aromatic carbocycles. The van der Waals surface area contributed by atoms with Gasteiger partial charge in [0.1, 0.15) is 45.4 Å². The predicted molar refractivity (Wildman–Crippen MR) is 86.7 cm³/mol. The summed E-state index contributed by atoms with van der Waals surface area (Å²) in [5.41, 5.74) is 0.583. The number of carbonyl (C=O) groups is 1. The van der Waals surface area contributed by atoms with Crippen LogP contribution >= 0.6 is 0 Å². The zero-order valence-corrected chi connectivity index (χ0v) is 14.2. The third kappa shape index (κ3) is 5.20. The van der Waals surface area contributed by atoms with Crippen molar-refractivity contribution in [1.29, 1.82) is 0 Å². The van der Waals surface area contributed by atoms with E-state index in [1.807, 2.05) is 0 Å². The van der Waals surface area contributed by atoms with Crippen molar-refractivity contribution in [1.82, 2.24) is 0 Å². The molecule has 1 fully saturated rings. The Kier molecular flexibility index (Phi) is 6.38. The summed E-state index contributed by atoms with van der Waals surface area (Å²) in [5, 5.41) is 10.2. The van der Waals surface area contributed by atoms with Crippen molar-refractivity contribution in [2.24, 2.45) is 0 Å². The van der Waals surface area contributed by atoms with E-state index in [0.29, 0.717) is 23.6 Å². The molecule has 0 amide bonds. The van der Waals surface area contributed by atoms with Crippen LogP contribution in [0.4, 0.5) is 0 Å². The summed E-state index contributed by atoms with van der Waals surface area (Å²) in [7, 11) is 3.74. The van der Waals surface area contributed by atoms with Gasteiger partial charge in [-0.2, -0.15) is 0 Å². The Hall–Kier alpha value is -1.63. The molecule has 23 heavy (non-hydrogen) atoms. The smallest absolute Gasteiger partial charge is 0.161 e. The van der Waals surface area contributed by atoms with Gasteiger partial charge in [0.05, 0.1) is 14.2 Å². The van der Waals surface area contributed by atoms with Gasteiger partial charge >= 0.3 is 0 Å². The summed E-state index contributed by atoms with van der Waals surface area (Å²) in [6.45, 7) is 6.88. The molecule has 1 aliphatic rings. The highest BCUT2D eigenvalue weighted by molar-refractivity contribution is 5.94. The molecule has 0 radical (unpaired) electrons. The van der Waals surface area contributed by atoms with E-state index in [9.17, 15) is 9.90 Å². The average molecular weight is 324 g/mol. The lowest BCUT2D eigenvalue weighted by atomic mass is 10.1. The first kappa shape index (κ1) is 17.7. The fourth-order valence-electron chi connectivity index (χ4n) is 2.82. The number of ether oxygens (including phenoxy) is 2. The monoisotopic (exact) mass is 324 g/mol. The number of likely N-dealkylation sites (N-methyl/N-ethyl adjacent to an activating group) is 1. The van der Waals surface area contributed by atoms with E-state index in [2.05, 4.69) is 7.05 Å². The average Bonchev–Trinajstić information content (AvgIpc) is 2.54. The van der Waals surface area contributed by atoms with Crippen LogP contribution in [0.5, 0.6) is 11.5 Å². The van der Waals surface area contributed by atoms with Gasteiger partial charge in [0.15, 0.2) is 17.3 Å². The minimum atomic E-state index is -0.513. The SMILES string of the molecule is COc1cc(C(C)=O)ccc1OC[C@@H](O)C[NH+]1CC[NH+](C)CC1. The second-order valence-electron chi connectivity index (χ2n) is 6.30. The highest BCUT2D eigenvalue weighted by Crippen LogP contribution is 2.28. The van der Waals surface area contributed by atoms with Crippen LogP contribution in [0.15, 0.2) is 18.2 Å². The van der Waals surface area contributed by atoms with E-state index in [-0.39, 0.29) is 12.4 Å². The van der Waals surface area contributed by atoms with Crippen molar-refractivity contribution in [3.05, 3.63) is 23.8 Å². The maximum Gasteiger partial charge on any atom is 0.161 e. The second kappa shape index (κ2) is 8.29. The third-order valence-electron chi connectivity index (χ3n) is 4.34. The molecule has 6 heteroatoms. The number of aliphatic hydroxyl groups is 1. The lowest BCUT2D eigenvalue weighted by Gasteiger charge is -2.28. The molecule has 3 N–H and O–H groups in total. The van der Waals surface area contributed by atoms with E-state index in [1.165, 1.54) is 11.8 Å². The zero-order chi connectivity index (χ0) is 16.8. The number of rotatable bonds is 7. The van der Waals surface area contributed by atoms with Crippen LogP contribution in [0, 0.1) is 0 Å². The highest BCUT2D eigenvalue weighted by atomic mass is 16.5. The number of ketones is 1. The van der Waals surface area contributed by atoms with Crippen molar-refractivity contribution < 1.29 is 29.2 Å². The van der Waals surface area contributed by atoms with Gasteiger partial charge in [0, 0.05) is 5.56 Å². The number of carbonyl (C=O) groups excluding carboxylic acids is 1. The Bertz CT molecular complexity index is 527. The van der Waals surface area contributed by atoms with E-state index in [4.69, 9.17) is 9.47 Å². The van der Waals surface area contributed by atoms with Crippen molar-refractivity contribution in [3.8, 4) is 11.5 Å². The standard InChI is InChI=1S/C17H26N2O4/c1-13(20)14-4-5-16(17(10-14)22-3)23-12-15(21)11-19-8-6-18(2)7-9-19/h4-5,10,15,21H,6-9,11-12H2,1-3H3/p+2/t15-/m0/s1. The number of quaternary nitrogens is 2. The van der Waals surface area contributed by atoms with Crippen molar-refractivity contribution >= 4 is 5.78 Å². The number of Topliss-reactive ketones (excluding diaryl/α,β-unsaturated/α-hetero) is 1. The van der Waals surface area contributed by atoms with Crippen LogP contribution in [0.2, 0.25) is 0 Å². The quantitative estimate of drug-likeness (QED) is 0.510. The molecule has 0 aromatic heterocycles. The van der Waals surface area contributed by atoms with Gasteiger partial charge in [-0.15, -0.1) is 0 Å². The Morgan fingerprint density at radius 3 is 2.57 bits per heavy atom. The largest absolute Gasteiger partial charge is 0.493 e. The summed E-state index contributed by atoms with van der Waals surface area (Å²) in [4.78, 5) is 14.4. The molecule has 0 saturated carbocycles. The fraction of sp³-hybridized carbons (Fsp3) is 0.588. The second-order valence-corrected chi connectivity index (χ2v) is 6.30. The molecule has 1 heterocycles. The van der Waals surface area contributed by atoms with Gasteiger partial charge in [0.25, 0.3) is 0 Å². The molecular weight excluding hydrogens is 296 g/mol. The highest BCUT2D eigenvalue weighted by Gasteiger charge is 2.23. The van der Waals surface area contributed by atoms with E-state index < -0.39 is 6.10 Å². The lowest BCUT2D eigenvalue weighted by Crippen LogP contribution is -3.27. The van der Waals surface area contributed by atoms with E-state index in [0.717, 1.165) is 26.2 Å². The van der Waals surface area contributed by atoms with Crippen LogP contribution in [0.3, 0.4) is 0 Å². The maximum absolute atomic E-state index is 11.4. The summed E-state index contributed by atoms with van der Waals surface area (Å²) in [6.07, 6.45) is -0.513. The molecule has 128 valence electrons. The Labute approximate surface area is 137 Å². The number of piperazine rings is 1. The molecule has 0 spiro atoms. The minimum absolute atomic E-state index is 0.0179. The molecule has 1 saturated heterocycles. The topological polar surface area (TPSA) is 64.6 Å². The lowest BCUT2D eigenvalue weighted by molar-refractivity contribution is -1.00. The molecule has 6 nitrogen and oxygen atoms in total. The first-order valence-electron chi connectivity index (χ1n) is 8.14. The van der Waals surface area contributed by atoms with Crippen molar-refractivity contribution in [2.45, 2.75) is 13.0 Å². The maximum atomic E-state index is 11.4. The number of benzene rings is 1. The van der Waals surface area contributed by atoms with Crippen LogP contribution in [0.1, 0.15) is 17.3 Å². The predicted octanol–water partition coefficient (Wildman–Crippen LogP) is -1.95. The van der Waals surface area contributed by atoms with Gasteiger partial charge in [-0.1, -0.05) is 0 Å². The summed E-state index contributed by atoms with van der Waals surface area (Å²) >= 11 is 0. The Morgan fingerprint density at radius 2 is 1.96 bits per heavy atom. The minimum Gasteiger partial charge on any atom is -0.493 e. The first-order chi connectivity index (χ1) is 11.0. The van der Waals surface area contributed by atoms with Crippen LogP contribution in [-0.4, -0.2) is 70.5 Å². The molecule has 1 aromatic rings. The van der Waals surface area contributed by atoms with E-state index in [1.54, 1.807) is 30.2 Å². The number of aliphatic hydroxyl groups excluding tert-OH is 1. The van der Waals surface area contributed by atoms with Gasteiger partial charge in [-0.3, -0.25) is 4.79 Å². The molecule has 0 bridgehead atoms. The van der Waals surface area contributed by atoms with Crippen molar-refractivity contribution in [3.63, 3.8) is 0 Å². The molecule has 1 aliphatic heterocycles. The Morgan fingerprint density at radius 1 is 1.26 bits per heavy atom. The van der Waals surface area contributed by atoms with Gasteiger partial charge < -0.3 is 24.4 Å². The molecule has 2 rings (SSSR count). The number of methoxy groups -OCH3 is 1. The summed E-state index contributed by atoms with van der Waals surface area (Å²) in [5.74, 6) is 1.05. The normalized spacial score (nSPS) is 22.4. The van der Waals surface area contributed by atoms with Crippen molar-refractivity contribution in [2.75, 3.05) is 53.5 Å². The van der Waals surface area contributed by atoms with Crippen LogP contribution in [-0.2, 0) is 0 Å². The van der Waals surface area contributed by atoms with Gasteiger partial charge in [0.2, 0.25) is 0 Å². The van der Waals surface area contributed by atoms with Gasteiger partial charge in [-0.05, 0) is 25.1 Å². The summed E-state index contributed by atoms with van der Waals surface area (Å²) in [6, 6.07) is 5.09. The molecule has 1 atom stereocenters. The summed E-state index contributed by atoms with van der Waals surface area (Å²) < 4.78 is 10.9. The zero-order valence-electron chi connectivity index (χ0n) is 14.2. The Balaban J connectivity index is 1.86. The fourth-order valence-corrected chi connectivity index (χ4v) is 2.82. The van der Waals surface area contributed by atoms with Crippen LogP contribution in [0.25, 0.3) is 0 Å². The third-order valence-corrected chi connectivity index (χ3v) is 4.34. The molecular formula is C17H28N2O4+2. The van der Waals surface area contributed by atoms with Crippen LogP contribution < -0.4 is 19.3 Å². The molecule has 0 unspecified atom stereocenters.